The lowest BCUT2D eigenvalue weighted by molar-refractivity contribution is 0.459. The van der Waals surface area contributed by atoms with Gasteiger partial charge in [0, 0.05) is 10.6 Å². The van der Waals surface area contributed by atoms with Gasteiger partial charge in [-0.3, -0.25) is 0 Å². The van der Waals surface area contributed by atoms with Gasteiger partial charge in [-0.15, -0.1) is 0 Å². The Labute approximate surface area is 112 Å². The normalized spacial score (nSPS) is 11.1. The van der Waals surface area contributed by atoms with Crippen LogP contribution in [0.15, 0.2) is 34.9 Å². The van der Waals surface area contributed by atoms with Crippen molar-refractivity contribution in [2.24, 2.45) is 5.92 Å². The van der Waals surface area contributed by atoms with E-state index in [1.165, 1.54) is 0 Å². The van der Waals surface area contributed by atoms with E-state index >= 15 is 0 Å². The monoisotopic (exact) mass is 264 g/mol. The fraction of sp³-hybridized carbons (Fsp3) is 0.357. The van der Waals surface area contributed by atoms with Crippen molar-refractivity contribution in [3.8, 4) is 11.3 Å². The molecule has 0 saturated heterocycles. The van der Waals surface area contributed by atoms with Crippen LogP contribution in [-0.2, 0) is 6.54 Å². The number of hydrogen-bond donors (Lipinski definition) is 1. The fourth-order valence-corrected chi connectivity index (χ4v) is 1.73. The first kappa shape index (κ1) is 13.1. The Morgan fingerprint density at radius 3 is 2.67 bits per heavy atom. The number of nitrogens with zero attached hydrogens (tertiary/aromatic N) is 1. The van der Waals surface area contributed by atoms with E-state index in [9.17, 15) is 0 Å². The largest absolute Gasteiger partial charge is 0.439 e. The number of aromatic nitrogens is 1. The molecule has 0 amide bonds. The highest BCUT2D eigenvalue weighted by Gasteiger charge is 2.06. The van der Waals surface area contributed by atoms with Crippen molar-refractivity contribution in [1.29, 1.82) is 0 Å². The van der Waals surface area contributed by atoms with Crippen LogP contribution >= 0.6 is 11.6 Å². The Kier molecular flexibility index (Phi) is 4.39. The second kappa shape index (κ2) is 6.03. The van der Waals surface area contributed by atoms with E-state index in [1.54, 1.807) is 6.20 Å². The lowest BCUT2D eigenvalue weighted by atomic mass is 10.2. The molecule has 0 spiro atoms. The van der Waals surface area contributed by atoms with Gasteiger partial charge in [0.25, 0.3) is 0 Å². The van der Waals surface area contributed by atoms with Crippen molar-refractivity contribution in [2.45, 2.75) is 20.4 Å². The molecule has 96 valence electrons. The Balaban J connectivity index is 1.99. The number of halogens is 1. The van der Waals surface area contributed by atoms with Crippen LogP contribution in [0.5, 0.6) is 0 Å². The molecule has 4 heteroatoms. The fourth-order valence-electron chi connectivity index (χ4n) is 1.61. The lowest BCUT2D eigenvalue weighted by Crippen LogP contribution is -2.18. The number of oxazole rings is 1. The summed E-state index contributed by atoms with van der Waals surface area (Å²) in [6.07, 6.45) is 1.75. The molecule has 0 unspecified atom stereocenters. The van der Waals surface area contributed by atoms with Gasteiger partial charge >= 0.3 is 0 Å². The Hall–Kier alpha value is -1.32. The van der Waals surface area contributed by atoms with Crippen LogP contribution in [0.25, 0.3) is 11.3 Å². The Morgan fingerprint density at radius 1 is 1.28 bits per heavy atom. The van der Waals surface area contributed by atoms with Crippen molar-refractivity contribution in [1.82, 2.24) is 10.3 Å². The maximum atomic E-state index is 5.85. The highest BCUT2D eigenvalue weighted by atomic mass is 35.5. The zero-order chi connectivity index (χ0) is 13.0. The Morgan fingerprint density at radius 2 is 2.00 bits per heavy atom. The van der Waals surface area contributed by atoms with Gasteiger partial charge in [-0.1, -0.05) is 25.4 Å². The molecule has 0 atom stereocenters. The maximum Gasteiger partial charge on any atom is 0.208 e. The molecule has 2 aromatic rings. The van der Waals surface area contributed by atoms with Gasteiger partial charge < -0.3 is 9.73 Å². The van der Waals surface area contributed by atoms with E-state index in [0.717, 1.165) is 22.9 Å². The second-order valence-electron chi connectivity index (χ2n) is 4.65. The van der Waals surface area contributed by atoms with Crippen LogP contribution in [0.3, 0.4) is 0 Å². The number of rotatable bonds is 5. The predicted octanol–water partition coefficient (Wildman–Crippen LogP) is 3.74. The van der Waals surface area contributed by atoms with E-state index in [0.29, 0.717) is 18.4 Å². The molecule has 1 aromatic carbocycles. The summed E-state index contributed by atoms with van der Waals surface area (Å²) in [6, 6.07) is 7.54. The highest BCUT2D eigenvalue weighted by Crippen LogP contribution is 2.22. The summed E-state index contributed by atoms with van der Waals surface area (Å²) in [6.45, 7) is 5.95. The van der Waals surface area contributed by atoms with Crippen LogP contribution in [0.1, 0.15) is 19.7 Å². The minimum atomic E-state index is 0.621. The summed E-state index contributed by atoms with van der Waals surface area (Å²) in [5.41, 5.74) is 0.988. The van der Waals surface area contributed by atoms with Crippen LogP contribution in [0.4, 0.5) is 0 Å². The molecule has 0 aliphatic carbocycles. The third kappa shape index (κ3) is 3.59. The molecule has 0 radical (unpaired) electrons. The summed E-state index contributed by atoms with van der Waals surface area (Å²) in [5, 5.41) is 4.02. The van der Waals surface area contributed by atoms with Gasteiger partial charge in [0.1, 0.15) is 0 Å². The molecule has 0 aliphatic rings. The molecule has 0 saturated carbocycles. The van der Waals surface area contributed by atoms with Crippen LogP contribution in [-0.4, -0.2) is 11.5 Å². The van der Waals surface area contributed by atoms with E-state index in [1.807, 2.05) is 24.3 Å². The van der Waals surface area contributed by atoms with Gasteiger partial charge in [-0.25, -0.2) is 4.98 Å². The molecule has 1 heterocycles. The average molecular weight is 265 g/mol. The first-order valence-electron chi connectivity index (χ1n) is 6.06. The molecule has 0 aliphatic heterocycles. The highest BCUT2D eigenvalue weighted by molar-refractivity contribution is 6.30. The smallest absolute Gasteiger partial charge is 0.208 e. The summed E-state index contributed by atoms with van der Waals surface area (Å²) < 4.78 is 5.67. The molecule has 0 fully saturated rings. The predicted molar refractivity (Wildman–Crippen MR) is 73.5 cm³/mol. The standard InChI is InChI=1S/C14H17ClN2O/c1-10(2)7-16-9-14-17-8-13(18-14)11-3-5-12(15)6-4-11/h3-6,8,10,16H,7,9H2,1-2H3. The molecule has 1 N–H and O–H groups in total. The van der Waals surface area contributed by atoms with Gasteiger partial charge in [-0.05, 0) is 36.7 Å². The molecule has 18 heavy (non-hydrogen) atoms. The minimum Gasteiger partial charge on any atom is -0.439 e. The van der Waals surface area contributed by atoms with Crippen LogP contribution in [0.2, 0.25) is 5.02 Å². The summed E-state index contributed by atoms with van der Waals surface area (Å²) in [7, 11) is 0. The number of hydrogen-bond acceptors (Lipinski definition) is 3. The maximum absolute atomic E-state index is 5.85. The van der Waals surface area contributed by atoms with Crippen molar-refractivity contribution in [3.63, 3.8) is 0 Å². The van der Waals surface area contributed by atoms with Gasteiger partial charge in [0.15, 0.2) is 5.76 Å². The zero-order valence-electron chi connectivity index (χ0n) is 10.6. The average Bonchev–Trinajstić information content (AvgIpc) is 2.78. The summed E-state index contributed by atoms with van der Waals surface area (Å²) >= 11 is 5.85. The SMILES string of the molecule is CC(C)CNCc1ncc(-c2ccc(Cl)cc2)o1. The summed E-state index contributed by atoms with van der Waals surface area (Å²) in [5.74, 6) is 2.10. The van der Waals surface area contributed by atoms with Crippen molar-refractivity contribution >= 4 is 11.6 Å². The van der Waals surface area contributed by atoms with Gasteiger partial charge in [0.2, 0.25) is 5.89 Å². The molecular weight excluding hydrogens is 248 g/mol. The van der Waals surface area contributed by atoms with Crippen molar-refractivity contribution < 1.29 is 4.42 Å². The molecule has 1 aromatic heterocycles. The van der Waals surface area contributed by atoms with E-state index in [-0.39, 0.29) is 0 Å². The second-order valence-corrected chi connectivity index (χ2v) is 5.09. The number of benzene rings is 1. The van der Waals surface area contributed by atoms with E-state index in [4.69, 9.17) is 16.0 Å². The quantitative estimate of drug-likeness (QED) is 0.894. The van der Waals surface area contributed by atoms with Gasteiger partial charge in [0.05, 0.1) is 12.7 Å². The van der Waals surface area contributed by atoms with Crippen molar-refractivity contribution in [3.05, 3.63) is 41.4 Å². The van der Waals surface area contributed by atoms with Crippen molar-refractivity contribution in [2.75, 3.05) is 6.54 Å². The third-order valence-electron chi connectivity index (χ3n) is 2.51. The lowest BCUT2D eigenvalue weighted by Gasteiger charge is -2.04. The molecule has 3 nitrogen and oxygen atoms in total. The van der Waals surface area contributed by atoms with Crippen LogP contribution < -0.4 is 5.32 Å². The molecule has 0 bridgehead atoms. The number of nitrogens with one attached hydrogen (secondary N) is 1. The van der Waals surface area contributed by atoms with Gasteiger partial charge in [-0.2, -0.15) is 0 Å². The first-order valence-corrected chi connectivity index (χ1v) is 6.44. The van der Waals surface area contributed by atoms with Crippen LogP contribution in [0, 0.1) is 5.92 Å². The topological polar surface area (TPSA) is 38.1 Å². The third-order valence-corrected chi connectivity index (χ3v) is 2.76. The molecule has 2 rings (SSSR count). The minimum absolute atomic E-state index is 0.621. The first-order chi connectivity index (χ1) is 8.65. The summed E-state index contributed by atoms with van der Waals surface area (Å²) in [4.78, 5) is 4.25. The Bertz CT molecular complexity index is 491. The van der Waals surface area contributed by atoms with E-state index in [2.05, 4.69) is 24.1 Å². The molecular formula is C14H17ClN2O. The van der Waals surface area contributed by atoms with E-state index < -0.39 is 0 Å². The zero-order valence-corrected chi connectivity index (χ0v) is 11.4.